The summed E-state index contributed by atoms with van der Waals surface area (Å²) in [5, 5.41) is 13.6. The number of aromatic nitrogens is 1. The standard InChI is InChI=1S/C14H16N2O2/c1-16-8-10(7-15-11-3-4-11)12-5-2-9(14(17)18)6-13(12)16/h2,5-6,8,11,15H,3-4,7H2,1H3,(H,17,18). The number of carboxylic acids is 1. The lowest BCUT2D eigenvalue weighted by molar-refractivity contribution is 0.0697. The molecule has 4 heteroatoms. The lowest BCUT2D eigenvalue weighted by Crippen LogP contribution is -2.14. The lowest BCUT2D eigenvalue weighted by atomic mass is 10.1. The molecule has 2 N–H and O–H groups in total. The fourth-order valence-electron chi connectivity index (χ4n) is 2.28. The number of carboxylic acid groups (broad SMARTS) is 1. The molecule has 4 nitrogen and oxygen atoms in total. The molecule has 3 rings (SSSR count). The van der Waals surface area contributed by atoms with Gasteiger partial charge in [0.15, 0.2) is 0 Å². The van der Waals surface area contributed by atoms with E-state index in [0.29, 0.717) is 11.6 Å². The maximum Gasteiger partial charge on any atom is 0.335 e. The molecule has 0 bridgehead atoms. The van der Waals surface area contributed by atoms with Crippen molar-refractivity contribution >= 4 is 16.9 Å². The van der Waals surface area contributed by atoms with Gasteiger partial charge in [0.2, 0.25) is 0 Å². The van der Waals surface area contributed by atoms with Crippen molar-refractivity contribution in [2.45, 2.75) is 25.4 Å². The molecule has 0 spiro atoms. The molecule has 0 saturated heterocycles. The molecule has 1 aliphatic carbocycles. The molecule has 0 amide bonds. The molecule has 1 aliphatic rings. The van der Waals surface area contributed by atoms with E-state index in [1.165, 1.54) is 18.4 Å². The predicted octanol–water partition coefficient (Wildman–Crippen LogP) is 2.13. The highest BCUT2D eigenvalue weighted by atomic mass is 16.4. The molecule has 18 heavy (non-hydrogen) atoms. The van der Waals surface area contributed by atoms with E-state index in [9.17, 15) is 4.79 Å². The first kappa shape index (κ1) is 11.3. The van der Waals surface area contributed by atoms with Gasteiger partial charge in [-0.1, -0.05) is 6.07 Å². The molecule has 1 heterocycles. The lowest BCUT2D eigenvalue weighted by Gasteiger charge is -2.01. The first-order valence-corrected chi connectivity index (χ1v) is 6.20. The number of aryl methyl sites for hydroxylation is 1. The molecule has 2 aromatic rings. The van der Waals surface area contributed by atoms with Gasteiger partial charge in [0.05, 0.1) is 5.56 Å². The van der Waals surface area contributed by atoms with Crippen LogP contribution in [-0.2, 0) is 13.6 Å². The van der Waals surface area contributed by atoms with Crippen LogP contribution in [0.1, 0.15) is 28.8 Å². The van der Waals surface area contributed by atoms with Crippen molar-refractivity contribution in [1.82, 2.24) is 9.88 Å². The summed E-state index contributed by atoms with van der Waals surface area (Å²) in [6.07, 6.45) is 4.62. The van der Waals surface area contributed by atoms with E-state index in [1.807, 2.05) is 17.7 Å². The van der Waals surface area contributed by atoms with Crippen molar-refractivity contribution in [3.63, 3.8) is 0 Å². The van der Waals surface area contributed by atoms with Gasteiger partial charge in [-0.2, -0.15) is 0 Å². The first-order valence-electron chi connectivity index (χ1n) is 6.20. The van der Waals surface area contributed by atoms with Crippen LogP contribution in [0.5, 0.6) is 0 Å². The quantitative estimate of drug-likeness (QED) is 0.866. The van der Waals surface area contributed by atoms with Crippen LogP contribution in [0.2, 0.25) is 0 Å². The molecule has 1 saturated carbocycles. The van der Waals surface area contributed by atoms with Crippen molar-refractivity contribution in [2.75, 3.05) is 0 Å². The second kappa shape index (κ2) is 4.14. The van der Waals surface area contributed by atoms with Crippen molar-refractivity contribution in [3.8, 4) is 0 Å². The molecule has 0 aliphatic heterocycles. The average Bonchev–Trinajstić information content (AvgIpc) is 3.12. The van der Waals surface area contributed by atoms with E-state index < -0.39 is 5.97 Å². The summed E-state index contributed by atoms with van der Waals surface area (Å²) in [6.45, 7) is 0.856. The Bertz CT molecular complexity index is 612. The second-order valence-electron chi connectivity index (χ2n) is 4.96. The maximum atomic E-state index is 11.0. The Morgan fingerprint density at radius 1 is 1.50 bits per heavy atom. The number of fused-ring (bicyclic) bond motifs is 1. The molecule has 94 valence electrons. The topological polar surface area (TPSA) is 54.3 Å². The number of carbonyl (C=O) groups is 1. The Morgan fingerprint density at radius 3 is 2.94 bits per heavy atom. The number of hydrogen-bond donors (Lipinski definition) is 2. The van der Waals surface area contributed by atoms with Crippen molar-refractivity contribution < 1.29 is 9.90 Å². The van der Waals surface area contributed by atoms with E-state index in [1.54, 1.807) is 12.1 Å². The highest BCUT2D eigenvalue weighted by Gasteiger charge is 2.20. The summed E-state index contributed by atoms with van der Waals surface area (Å²) in [5.74, 6) is -0.879. The molecule has 0 atom stereocenters. The number of hydrogen-bond acceptors (Lipinski definition) is 2. The van der Waals surface area contributed by atoms with Gasteiger partial charge >= 0.3 is 5.97 Å². The van der Waals surface area contributed by atoms with Crippen LogP contribution in [-0.4, -0.2) is 21.7 Å². The van der Waals surface area contributed by atoms with Gasteiger partial charge in [-0.05, 0) is 30.5 Å². The highest BCUT2D eigenvalue weighted by Crippen LogP contribution is 2.24. The molecule has 0 radical (unpaired) electrons. The number of rotatable bonds is 4. The van der Waals surface area contributed by atoms with Crippen LogP contribution in [0.25, 0.3) is 10.9 Å². The van der Waals surface area contributed by atoms with E-state index in [0.717, 1.165) is 17.4 Å². The zero-order chi connectivity index (χ0) is 12.7. The smallest absolute Gasteiger partial charge is 0.335 e. The normalized spacial score (nSPS) is 15.2. The third-order valence-electron chi connectivity index (χ3n) is 3.48. The third kappa shape index (κ3) is 1.99. The molecule has 1 fully saturated rings. The fraction of sp³-hybridized carbons (Fsp3) is 0.357. The minimum absolute atomic E-state index is 0.338. The van der Waals surface area contributed by atoms with Gasteiger partial charge in [0, 0.05) is 36.7 Å². The van der Waals surface area contributed by atoms with E-state index in [4.69, 9.17) is 5.11 Å². The van der Waals surface area contributed by atoms with Gasteiger partial charge in [-0.3, -0.25) is 0 Å². The van der Waals surface area contributed by atoms with E-state index in [2.05, 4.69) is 11.5 Å². The summed E-state index contributed by atoms with van der Waals surface area (Å²) in [5.41, 5.74) is 2.55. The van der Waals surface area contributed by atoms with Gasteiger partial charge in [0.25, 0.3) is 0 Å². The van der Waals surface area contributed by atoms with Crippen LogP contribution < -0.4 is 5.32 Å². The predicted molar refractivity (Wildman–Crippen MR) is 69.7 cm³/mol. The second-order valence-corrected chi connectivity index (χ2v) is 4.96. The molecule has 1 aromatic heterocycles. The van der Waals surface area contributed by atoms with Crippen LogP contribution in [0, 0.1) is 0 Å². The van der Waals surface area contributed by atoms with Crippen LogP contribution in [0.15, 0.2) is 24.4 Å². The van der Waals surface area contributed by atoms with Gasteiger partial charge in [-0.15, -0.1) is 0 Å². The van der Waals surface area contributed by atoms with Gasteiger partial charge in [0.1, 0.15) is 0 Å². The average molecular weight is 244 g/mol. The van der Waals surface area contributed by atoms with Crippen LogP contribution in [0.4, 0.5) is 0 Å². The Balaban J connectivity index is 1.97. The monoisotopic (exact) mass is 244 g/mol. The fourth-order valence-corrected chi connectivity index (χ4v) is 2.28. The molecular formula is C14H16N2O2. The number of nitrogens with zero attached hydrogens (tertiary/aromatic N) is 1. The first-order chi connectivity index (χ1) is 8.65. The third-order valence-corrected chi connectivity index (χ3v) is 3.48. The summed E-state index contributed by atoms with van der Waals surface area (Å²) in [4.78, 5) is 11.0. The zero-order valence-corrected chi connectivity index (χ0v) is 10.3. The Hall–Kier alpha value is -1.81. The minimum Gasteiger partial charge on any atom is -0.478 e. The summed E-state index contributed by atoms with van der Waals surface area (Å²) in [6, 6.07) is 5.99. The Labute approximate surface area is 105 Å². The van der Waals surface area contributed by atoms with E-state index in [-0.39, 0.29) is 0 Å². The Morgan fingerprint density at radius 2 is 2.28 bits per heavy atom. The number of aromatic carboxylic acids is 1. The molecule has 1 aromatic carbocycles. The molecular weight excluding hydrogens is 228 g/mol. The highest BCUT2D eigenvalue weighted by molar-refractivity contribution is 5.94. The maximum absolute atomic E-state index is 11.0. The van der Waals surface area contributed by atoms with Crippen LogP contribution in [0.3, 0.4) is 0 Å². The number of nitrogens with one attached hydrogen (secondary N) is 1. The largest absolute Gasteiger partial charge is 0.478 e. The summed E-state index contributed by atoms with van der Waals surface area (Å²) < 4.78 is 1.99. The van der Waals surface area contributed by atoms with Crippen molar-refractivity contribution in [2.24, 2.45) is 7.05 Å². The van der Waals surface area contributed by atoms with Crippen molar-refractivity contribution in [3.05, 3.63) is 35.5 Å². The van der Waals surface area contributed by atoms with Gasteiger partial charge in [-0.25, -0.2) is 4.79 Å². The van der Waals surface area contributed by atoms with E-state index >= 15 is 0 Å². The van der Waals surface area contributed by atoms with Crippen molar-refractivity contribution in [1.29, 1.82) is 0 Å². The summed E-state index contributed by atoms with van der Waals surface area (Å²) in [7, 11) is 1.95. The Kier molecular flexibility index (Phi) is 2.59. The minimum atomic E-state index is -0.879. The van der Waals surface area contributed by atoms with Crippen LogP contribution >= 0.6 is 0 Å². The zero-order valence-electron chi connectivity index (χ0n) is 10.3. The summed E-state index contributed by atoms with van der Waals surface area (Å²) >= 11 is 0. The molecule has 0 unspecified atom stereocenters. The van der Waals surface area contributed by atoms with Gasteiger partial charge < -0.3 is 15.0 Å². The number of benzene rings is 1. The SMILES string of the molecule is Cn1cc(CNC2CC2)c2ccc(C(=O)O)cc21.